The van der Waals surface area contributed by atoms with E-state index in [1.54, 1.807) is 12.3 Å². The highest BCUT2D eigenvalue weighted by molar-refractivity contribution is 14.1. The van der Waals surface area contributed by atoms with Gasteiger partial charge in [0.1, 0.15) is 0 Å². The first kappa shape index (κ1) is 19.9. The summed E-state index contributed by atoms with van der Waals surface area (Å²) in [5, 5.41) is 4.15. The molecule has 1 amide bonds. The van der Waals surface area contributed by atoms with E-state index in [0.717, 1.165) is 22.1 Å². The number of rotatable bonds is 4. The molecule has 0 bridgehead atoms. The maximum atomic E-state index is 12.2. The molecular weight excluding hydrogens is 449 g/mol. The smallest absolute Gasteiger partial charge is 0.271 e. The molecule has 1 N–H and O–H groups in total. The predicted molar refractivity (Wildman–Crippen MR) is 121 cm³/mol. The fourth-order valence-corrected chi connectivity index (χ4v) is 4.59. The highest BCUT2D eigenvalue weighted by atomic mass is 127. The topological polar surface area (TPSA) is 44.7 Å². The van der Waals surface area contributed by atoms with Crippen molar-refractivity contribution in [2.75, 3.05) is 11.4 Å². The van der Waals surface area contributed by atoms with E-state index in [-0.39, 0.29) is 11.4 Å². The number of benzene rings is 2. The molecule has 4 nitrogen and oxygen atoms in total. The lowest BCUT2D eigenvalue weighted by Gasteiger charge is -2.47. The highest BCUT2D eigenvalue weighted by Gasteiger charge is 2.35. The molecule has 2 aromatic carbocycles. The number of fused-ring (bicyclic) bond motifs is 1. The maximum absolute atomic E-state index is 12.2. The number of carbonyl (C=O) groups is 1. The number of hydrogen-bond donors (Lipinski definition) is 1. The van der Waals surface area contributed by atoms with Gasteiger partial charge >= 0.3 is 0 Å². The molecule has 1 heterocycles. The van der Waals surface area contributed by atoms with Crippen LogP contribution in [0.1, 0.15) is 61.5 Å². The summed E-state index contributed by atoms with van der Waals surface area (Å²) < 4.78 is 1.02. The van der Waals surface area contributed by atoms with Crippen molar-refractivity contribution in [3.63, 3.8) is 0 Å². The van der Waals surface area contributed by atoms with Gasteiger partial charge in [-0.05, 0) is 97.2 Å². The predicted octanol–water partition coefficient (Wildman–Crippen LogP) is 5.17. The minimum absolute atomic E-state index is 0.165. The number of nitrogens with one attached hydrogen (secondary N) is 1. The summed E-state index contributed by atoms with van der Waals surface area (Å²) in [6.07, 6.45) is 2.84. The Balaban J connectivity index is 1.76. The van der Waals surface area contributed by atoms with Crippen LogP contribution in [0.5, 0.6) is 0 Å². The molecule has 0 aromatic heterocycles. The van der Waals surface area contributed by atoms with E-state index in [0.29, 0.717) is 11.5 Å². The van der Waals surface area contributed by atoms with Gasteiger partial charge in [-0.3, -0.25) is 4.79 Å². The van der Waals surface area contributed by atoms with E-state index < -0.39 is 0 Å². The van der Waals surface area contributed by atoms with Gasteiger partial charge in [0.05, 0.1) is 6.21 Å². The van der Waals surface area contributed by atoms with Gasteiger partial charge in [0.25, 0.3) is 5.91 Å². The molecule has 1 unspecified atom stereocenters. The Morgan fingerprint density at radius 2 is 2.11 bits per heavy atom. The average molecular weight is 475 g/mol. The van der Waals surface area contributed by atoms with E-state index in [4.69, 9.17) is 0 Å². The van der Waals surface area contributed by atoms with Crippen LogP contribution < -0.4 is 10.3 Å². The summed E-state index contributed by atoms with van der Waals surface area (Å²) in [4.78, 5) is 14.7. The average Bonchev–Trinajstić information content (AvgIpc) is 2.61. The molecule has 0 radical (unpaired) electrons. The van der Waals surface area contributed by atoms with Crippen LogP contribution in [0.3, 0.4) is 0 Å². The summed E-state index contributed by atoms with van der Waals surface area (Å²) in [5.41, 5.74) is 7.05. The molecule has 3 rings (SSSR count). The van der Waals surface area contributed by atoms with Crippen molar-refractivity contribution < 1.29 is 4.79 Å². The molecule has 0 spiro atoms. The second kappa shape index (κ2) is 8.00. The first-order valence-corrected chi connectivity index (χ1v) is 10.4. The number of hydrogen-bond acceptors (Lipinski definition) is 3. The van der Waals surface area contributed by atoms with Crippen LogP contribution in [-0.2, 0) is 0 Å². The Bertz CT molecular complexity index is 876. The molecule has 0 saturated heterocycles. The molecule has 27 heavy (non-hydrogen) atoms. The van der Waals surface area contributed by atoms with Crippen molar-refractivity contribution in [1.29, 1.82) is 0 Å². The Hall–Kier alpha value is -1.89. The van der Waals surface area contributed by atoms with E-state index >= 15 is 0 Å². The summed E-state index contributed by atoms with van der Waals surface area (Å²) in [7, 11) is 0. The first-order chi connectivity index (χ1) is 12.8. The molecule has 0 aliphatic carbocycles. The zero-order chi connectivity index (χ0) is 19.6. The van der Waals surface area contributed by atoms with Crippen molar-refractivity contribution in [3.05, 3.63) is 62.7 Å². The number of carbonyl (C=O) groups excluding carboxylic acids is 1. The van der Waals surface area contributed by atoms with Gasteiger partial charge in [-0.2, -0.15) is 5.10 Å². The highest BCUT2D eigenvalue weighted by Crippen LogP contribution is 2.43. The number of amides is 1. The molecule has 0 fully saturated rings. The van der Waals surface area contributed by atoms with Crippen LogP contribution in [0.2, 0.25) is 0 Å². The molecule has 1 aliphatic heterocycles. The van der Waals surface area contributed by atoms with E-state index in [1.807, 2.05) is 18.2 Å². The molecule has 2 aromatic rings. The Morgan fingerprint density at radius 1 is 1.33 bits per heavy atom. The van der Waals surface area contributed by atoms with Crippen molar-refractivity contribution in [3.8, 4) is 0 Å². The Labute approximate surface area is 175 Å². The van der Waals surface area contributed by atoms with Crippen LogP contribution in [0.15, 0.2) is 47.6 Å². The fourth-order valence-electron chi connectivity index (χ4n) is 4.05. The zero-order valence-electron chi connectivity index (χ0n) is 16.3. The second-order valence-corrected chi connectivity index (χ2v) is 8.94. The van der Waals surface area contributed by atoms with Gasteiger partial charge in [0.2, 0.25) is 0 Å². The summed E-state index contributed by atoms with van der Waals surface area (Å²) >= 11 is 2.19. The monoisotopic (exact) mass is 475 g/mol. The summed E-state index contributed by atoms with van der Waals surface area (Å²) in [5.74, 6) is 0.294. The molecule has 1 aliphatic rings. The lowest BCUT2D eigenvalue weighted by molar-refractivity contribution is 0.0955. The van der Waals surface area contributed by atoms with Crippen LogP contribution in [-0.4, -0.2) is 24.2 Å². The van der Waals surface area contributed by atoms with Gasteiger partial charge in [0, 0.05) is 26.9 Å². The quantitative estimate of drug-likeness (QED) is 0.377. The maximum Gasteiger partial charge on any atom is 0.271 e. The Morgan fingerprint density at radius 3 is 2.81 bits per heavy atom. The Kier molecular flexibility index (Phi) is 5.89. The van der Waals surface area contributed by atoms with Crippen molar-refractivity contribution >= 4 is 40.4 Å². The van der Waals surface area contributed by atoms with Crippen molar-refractivity contribution in [2.45, 2.75) is 45.6 Å². The third-order valence-corrected chi connectivity index (χ3v) is 5.86. The molecule has 1 atom stereocenters. The lowest BCUT2D eigenvalue weighted by atomic mass is 9.79. The number of nitrogens with zero attached hydrogens (tertiary/aromatic N) is 2. The van der Waals surface area contributed by atoms with Gasteiger partial charge in [-0.25, -0.2) is 5.43 Å². The van der Waals surface area contributed by atoms with Crippen LogP contribution in [0, 0.1) is 3.57 Å². The third kappa shape index (κ3) is 4.34. The second-order valence-electron chi connectivity index (χ2n) is 7.69. The standard InChI is InChI=1S/C22H26IN3O/c1-5-26-20-10-9-16(11-19(20)15(2)13-22(26,3)4)14-24-25-21(27)17-7-6-8-18(23)12-17/h6-12,14-15H,5,13H2,1-4H3,(H,25,27)/b24-14-. The van der Waals surface area contributed by atoms with Crippen LogP contribution >= 0.6 is 22.6 Å². The SMILES string of the molecule is CCN1c2ccc(/C=N\NC(=O)c3cccc(I)c3)cc2C(C)CC1(C)C. The van der Waals surface area contributed by atoms with Gasteiger partial charge < -0.3 is 4.90 Å². The van der Waals surface area contributed by atoms with Crippen molar-refractivity contribution in [1.82, 2.24) is 5.43 Å². The summed E-state index contributed by atoms with van der Waals surface area (Å²) in [6.45, 7) is 10.1. The zero-order valence-corrected chi connectivity index (χ0v) is 18.4. The normalized spacial score (nSPS) is 18.4. The van der Waals surface area contributed by atoms with Crippen LogP contribution in [0.4, 0.5) is 5.69 Å². The van der Waals surface area contributed by atoms with E-state index in [9.17, 15) is 4.79 Å². The number of halogens is 1. The fraction of sp³-hybridized carbons (Fsp3) is 0.364. The lowest BCUT2D eigenvalue weighted by Crippen LogP contribution is -2.48. The van der Waals surface area contributed by atoms with Gasteiger partial charge in [-0.1, -0.05) is 19.1 Å². The molecular formula is C22H26IN3O. The molecule has 142 valence electrons. The van der Waals surface area contributed by atoms with Gasteiger partial charge in [0.15, 0.2) is 0 Å². The van der Waals surface area contributed by atoms with E-state index in [1.165, 1.54) is 11.3 Å². The largest absolute Gasteiger partial charge is 0.366 e. The third-order valence-electron chi connectivity index (χ3n) is 5.19. The van der Waals surface area contributed by atoms with E-state index in [2.05, 4.69) is 83.9 Å². The minimum Gasteiger partial charge on any atom is -0.366 e. The van der Waals surface area contributed by atoms with Crippen LogP contribution in [0.25, 0.3) is 0 Å². The summed E-state index contributed by atoms with van der Waals surface area (Å²) in [6, 6.07) is 13.9. The van der Waals surface area contributed by atoms with Gasteiger partial charge in [-0.15, -0.1) is 0 Å². The number of anilines is 1. The van der Waals surface area contributed by atoms with Crippen molar-refractivity contribution in [2.24, 2.45) is 5.10 Å². The minimum atomic E-state index is -0.199. The molecule has 5 heteroatoms. The molecule has 0 saturated carbocycles. The number of hydrazone groups is 1. The first-order valence-electron chi connectivity index (χ1n) is 9.32.